The van der Waals surface area contributed by atoms with E-state index in [1.165, 1.54) is 5.56 Å². The Kier molecular flexibility index (Phi) is 3.51. The molecule has 1 aromatic heterocycles. The van der Waals surface area contributed by atoms with Gasteiger partial charge in [0, 0.05) is 18.5 Å². The fraction of sp³-hybridized carbons (Fsp3) is 0.267. The number of rotatable bonds is 4. The van der Waals surface area contributed by atoms with Crippen molar-refractivity contribution in [2.75, 3.05) is 5.73 Å². The molecule has 0 saturated heterocycles. The molecule has 0 amide bonds. The van der Waals surface area contributed by atoms with Crippen LogP contribution in [0.2, 0.25) is 0 Å². The normalized spacial score (nSPS) is 10.6. The minimum Gasteiger partial charge on any atom is -0.383 e. The molecule has 0 atom stereocenters. The fourth-order valence-corrected chi connectivity index (χ4v) is 2.12. The van der Waals surface area contributed by atoms with Crippen LogP contribution in [0.5, 0.6) is 0 Å². The number of benzene rings is 1. The number of imidazole rings is 1. The second-order valence-corrected chi connectivity index (χ2v) is 4.38. The van der Waals surface area contributed by atoms with Crippen LogP contribution in [0.1, 0.15) is 18.3 Å². The van der Waals surface area contributed by atoms with E-state index in [1.807, 2.05) is 22.8 Å². The van der Waals surface area contributed by atoms with E-state index >= 15 is 0 Å². The lowest BCUT2D eigenvalue weighted by Gasteiger charge is -2.05. The molecular formula is C15H19N3. The Hall–Kier alpha value is -2.03. The topological polar surface area (TPSA) is 43.8 Å². The molecule has 3 nitrogen and oxygen atoms in total. The summed E-state index contributed by atoms with van der Waals surface area (Å²) in [6, 6.07) is 8.25. The van der Waals surface area contributed by atoms with E-state index < -0.39 is 0 Å². The Morgan fingerprint density at radius 3 is 2.83 bits per heavy atom. The standard InChI is InChI=1S/C15H19N3/c1-4-9-18-13(5-2)17-14(15(18)16)12-8-6-7-11(3)10-12/h4,6-8,10H,1,5,9,16H2,2-3H3. The van der Waals surface area contributed by atoms with Crippen molar-refractivity contribution in [2.24, 2.45) is 0 Å². The summed E-state index contributed by atoms with van der Waals surface area (Å²) in [4.78, 5) is 4.65. The van der Waals surface area contributed by atoms with E-state index in [1.54, 1.807) is 0 Å². The number of nitrogens with two attached hydrogens (primary N) is 1. The molecule has 0 aliphatic heterocycles. The molecule has 1 aromatic carbocycles. The van der Waals surface area contributed by atoms with Gasteiger partial charge in [0.1, 0.15) is 17.3 Å². The molecule has 0 saturated carbocycles. The van der Waals surface area contributed by atoms with Gasteiger partial charge in [-0.3, -0.25) is 0 Å². The highest BCUT2D eigenvalue weighted by atomic mass is 15.1. The molecule has 3 heteroatoms. The molecule has 0 fully saturated rings. The monoisotopic (exact) mass is 241 g/mol. The highest BCUT2D eigenvalue weighted by Crippen LogP contribution is 2.27. The SMILES string of the molecule is C=CCn1c(CC)nc(-c2cccc(C)c2)c1N. The largest absolute Gasteiger partial charge is 0.383 e. The van der Waals surface area contributed by atoms with E-state index in [4.69, 9.17) is 5.73 Å². The molecule has 2 N–H and O–H groups in total. The lowest BCUT2D eigenvalue weighted by Crippen LogP contribution is -2.05. The first-order valence-corrected chi connectivity index (χ1v) is 6.20. The molecule has 0 unspecified atom stereocenters. The van der Waals surface area contributed by atoms with Gasteiger partial charge in [-0.1, -0.05) is 36.8 Å². The summed E-state index contributed by atoms with van der Waals surface area (Å²) in [5, 5.41) is 0. The molecule has 0 spiro atoms. The van der Waals surface area contributed by atoms with Crippen molar-refractivity contribution < 1.29 is 0 Å². The maximum absolute atomic E-state index is 6.20. The van der Waals surface area contributed by atoms with Crippen molar-refractivity contribution in [3.63, 3.8) is 0 Å². The number of allylic oxidation sites excluding steroid dienone is 1. The van der Waals surface area contributed by atoms with Crippen LogP contribution in [0.4, 0.5) is 5.82 Å². The van der Waals surface area contributed by atoms with Crippen LogP contribution < -0.4 is 5.73 Å². The molecular weight excluding hydrogens is 222 g/mol. The maximum Gasteiger partial charge on any atom is 0.132 e. The first kappa shape index (κ1) is 12.4. The number of aromatic nitrogens is 2. The minimum atomic E-state index is 0.702. The molecule has 0 aliphatic rings. The smallest absolute Gasteiger partial charge is 0.132 e. The van der Waals surface area contributed by atoms with E-state index in [2.05, 4.69) is 37.5 Å². The molecule has 94 valence electrons. The fourth-order valence-electron chi connectivity index (χ4n) is 2.12. The summed E-state index contributed by atoms with van der Waals surface area (Å²) in [5.74, 6) is 1.72. The highest BCUT2D eigenvalue weighted by Gasteiger charge is 2.14. The lowest BCUT2D eigenvalue weighted by molar-refractivity contribution is 0.757. The molecule has 0 bridgehead atoms. The van der Waals surface area contributed by atoms with Crippen LogP contribution in [0.25, 0.3) is 11.3 Å². The van der Waals surface area contributed by atoms with Crippen LogP contribution in [-0.4, -0.2) is 9.55 Å². The van der Waals surface area contributed by atoms with Gasteiger partial charge in [-0.15, -0.1) is 6.58 Å². The molecule has 2 rings (SSSR count). The van der Waals surface area contributed by atoms with E-state index in [0.717, 1.165) is 29.3 Å². The maximum atomic E-state index is 6.20. The van der Waals surface area contributed by atoms with Crippen molar-refractivity contribution >= 4 is 5.82 Å². The number of aryl methyl sites for hydroxylation is 2. The second kappa shape index (κ2) is 5.08. The molecule has 0 aliphatic carbocycles. The van der Waals surface area contributed by atoms with Crippen LogP contribution >= 0.6 is 0 Å². The molecule has 0 radical (unpaired) electrons. The summed E-state index contributed by atoms with van der Waals surface area (Å²) in [7, 11) is 0. The van der Waals surface area contributed by atoms with Gasteiger partial charge in [0.05, 0.1) is 0 Å². The predicted molar refractivity (Wildman–Crippen MR) is 76.4 cm³/mol. The summed E-state index contributed by atoms with van der Waals surface area (Å²) in [6.07, 6.45) is 2.71. The predicted octanol–water partition coefficient (Wildman–Crippen LogP) is 3.19. The van der Waals surface area contributed by atoms with Gasteiger partial charge >= 0.3 is 0 Å². The Labute approximate surface area is 108 Å². The molecule has 1 heterocycles. The third kappa shape index (κ3) is 2.16. The van der Waals surface area contributed by atoms with Gasteiger partial charge < -0.3 is 10.3 Å². The van der Waals surface area contributed by atoms with Crippen molar-refractivity contribution in [3.05, 3.63) is 48.3 Å². The quantitative estimate of drug-likeness (QED) is 0.835. The summed E-state index contributed by atoms with van der Waals surface area (Å²) < 4.78 is 2.02. The third-order valence-electron chi connectivity index (χ3n) is 3.01. The number of anilines is 1. The summed E-state index contributed by atoms with van der Waals surface area (Å²) >= 11 is 0. The Morgan fingerprint density at radius 2 is 2.22 bits per heavy atom. The zero-order chi connectivity index (χ0) is 13.1. The van der Waals surface area contributed by atoms with Gasteiger partial charge in [0.2, 0.25) is 0 Å². The van der Waals surface area contributed by atoms with Crippen LogP contribution in [0.3, 0.4) is 0 Å². The summed E-state index contributed by atoms with van der Waals surface area (Å²) in [6.45, 7) is 8.62. The number of hydrogen-bond donors (Lipinski definition) is 1. The highest BCUT2D eigenvalue weighted by molar-refractivity contribution is 5.71. The lowest BCUT2D eigenvalue weighted by atomic mass is 10.1. The minimum absolute atomic E-state index is 0.702. The van der Waals surface area contributed by atoms with Crippen molar-refractivity contribution in [3.8, 4) is 11.3 Å². The van der Waals surface area contributed by atoms with Gasteiger partial charge in [-0.2, -0.15) is 0 Å². The average Bonchev–Trinajstić information content (AvgIpc) is 2.67. The van der Waals surface area contributed by atoms with E-state index in [-0.39, 0.29) is 0 Å². The number of hydrogen-bond acceptors (Lipinski definition) is 2. The number of nitrogen functional groups attached to an aromatic ring is 1. The van der Waals surface area contributed by atoms with Gasteiger partial charge in [-0.25, -0.2) is 4.98 Å². The van der Waals surface area contributed by atoms with Crippen LogP contribution in [0.15, 0.2) is 36.9 Å². The Morgan fingerprint density at radius 1 is 1.44 bits per heavy atom. The first-order chi connectivity index (χ1) is 8.67. The molecule has 2 aromatic rings. The van der Waals surface area contributed by atoms with Gasteiger partial charge in [-0.05, 0) is 13.0 Å². The Balaban J connectivity index is 2.55. The van der Waals surface area contributed by atoms with Crippen molar-refractivity contribution in [1.29, 1.82) is 0 Å². The third-order valence-corrected chi connectivity index (χ3v) is 3.01. The first-order valence-electron chi connectivity index (χ1n) is 6.20. The zero-order valence-corrected chi connectivity index (χ0v) is 11.0. The van der Waals surface area contributed by atoms with E-state index in [9.17, 15) is 0 Å². The average molecular weight is 241 g/mol. The number of nitrogens with zero attached hydrogens (tertiary/aromatic N) is 2. The van der Waals surface area contributed by atoms with Gasteiger partial charge in [0.25, 0.3) is 0 Å². The van der Waals surface area contributed by atoms with Crippen LogP contribution in [0, 0.1) is 6.92 Å². The second-order valence-electron chi connectivity index (χ2n) is 4.38. The van der Waals surface area contributed by atoms with E-state index in [0.29, 0.717) is 6.54 Å². The van der Waals surface area contributed by atoms with Crippen molar-refractivity contribution in [2.45, 2.75) is 26.8 Å². The zero-order valence-electron chi connectivity index (χ0n) is 11.0. The van der Waals surface area contributed by atoms with Gasteiger partial charge in [0.15, 0.2) is 0 Å². The Bertz CT molecular complexity index is 567. The van der Waals surface area contributed by atoms with Crippen LogP contribution in [-0.2, 0) is 13.0 Å². The summed E-state index contributed by atoms with van der Waals surface area (Å²) in [5.41, 5.74) is 9.36. The molecule has 18 heavy (non-hydrogen) atoms. The van der Waals surface area contributed by atoms with Crippen molar-refractivity contribution in [1.82, 2.24) is 9.55 Å².